The Labute approximate surface area is 68.6 Å². The van der Waals surface area contributed by atoms with Gasteiger partial charge in [0.2, 0.25) is 17.8 Å². The maximum absolute atomic E-state index is 11.1. The van der Waals surface area contributed by atoms with E-state index in [9.17, 15) is 4.79 Å². The van der Waals surface area contributed by atoms with E-state index in [1.165, 1.54) is 0 Å². The fourth-order valence-electron chi connectivity index (χ4n) is 0.888. The SMILES string of the molecule is Nc1nc(NC(=O)C2CC2)n[nH]1. The number of nitrogen functional groups attached to an aromatic ring is 1. The first-order valence-electron chi connectivity index (χ1n) is 3.74. The highest BCUT2D eigenvalue weighted by Gasteiger charge is 2.30. The molecular weight excluding hydrogens is 158 g/mol. The van der Waals surface area contributed by atoms with Crippen LogP contribution in [0.1, 0.15) is 12.8 Å². The van der Waals surface area contributed by atoms with Gasteiger partial charge in [-0.05, 0) is 12.8 Å². The molecule has 1 aliphatic carbocycles. The first-order valence-corrected chi connectivity index (χ1v) is 3.74. The predicted octanol–water partition coefficient (Wildman–Crippen LogP) is -0.265. The summed E-state index contributed by atoms with van der Waals surface area (Å²) in [7, 11) is 0. The van der Waals surface area contributed by atoms with Crippen LogP contribution in [-0.2, 0) is 4.79 Å². The van der Waals surface area contributed by atoms with E-state index in [0.29, 0.717) is 0 Å². The van der Waals surface area contributed by atoms with Crippen LogP contribution in [0.25, 0.3) is 0 Å². The molecule has 12 heavy (non-hydrogen) atoms. The Morgan fingerprint density at radius 2 is 2.42 bits per heavy atom. The molecule has 1 saturated carbocycles. The van der Waals surface area contributed by atoms with E-state index < -0.39 is 0 Å². The van der Waals surface area contributed by atoms with Crippen LogP contribution < -0.4 is 11.1 Å². The normalized spacial score (nSPS) is 16.0. The van der Waals surface area contributed by atoms with E-state index in [1.54, 1.807) is 0 Å². The zero-order valence-corrected chi connectivity index (χ0v) is 6.37. The Morgan fingerprint density at radius 1 is 1.67 bits per heavy atom. The Balaban J connectivity index is 1.98. The summed E-state index contributed by atoms with van der Waals surface area (Å²) in [6.07, 6.45) is 1.93. The molecule has 0 bridgehead atoms. The summed E-state index contributed by atoms with van der Waals surface area (Å²) in [6.45, 7) is 0. The molecule has 0 unspecified atom stereocenters. The number of aromatic nitrogens is 3. The topological polar surface area (TPSA) is 96.7 Å². The van der Waals surface area contributed by atoms with Crippen molar-refractivity contribution in [3.8, 4) is 0 Å². The van der Waals surface area contributed by atoms with Gasteiger partial charge in [0.05, 0.1) is 0 Å². The second-order valence-electron chi connectivity index (χ2n) is 2.81. The van der Waals surface area contributed by atoms with Crippen LogP contribution >= 0.6 is 0 Å². The molecule has 4 N–H and O–H groups in total. The minimum absolute atomic E-state index is 0.0194. The van der Waals surface area contributed by atoms with Gasteiger partial charge in [0, 0.05) is 5.92 Å². The molecule has 1 amide bonds. The molecule has 2 rings (SSSR count). The van der Waals surface area contributed by atoms with Crippen molar-refractivity contribution >= 4 is 17.8 Å². The van der Waals surface area contributed by atoms with E-state index in [4.69, 9.17) is 5.73 Å². The van der Waals surface area contributed by atoms with E-state index >= 15 is 0 Å². The highest BCUT2D eigenvalue weighted by atomic mass is 16.2. The third kappa shape index (κ3) is 1.36. The highest BCUT2D eigenvalue weighted by molar-refractivity contribution is 5.92. The van der Waals surface area contributed by atoms with Crippen LogP contribution in [0.4, 0.5) is 11.9 Å². The van der Waals surface area contributed by atoms with Crippen molar-refractivity contribution in [1.29, 1.82) is 0 Å². The number of aromatic amines is 1. The average molecular weight is 167 g/mol. The van der Waals surface area contributed by atoms with Gasteiger partial charge < -0.3 is 5.73 Å². The second-order valence-corrected chi connectivity index (χ2v) is 2.81. The monoisotopic (exact) mass is 167 g/mol. The maximum Gasteiger partial charge on any atom is 0.250 e. The van der Waals surface area contributed by atoms with Gasteiger partial charge in [-0.25, -0.2) is 5.10 Å². The Morgan fingerprint density at radius 3 is 2.92 bits per heavy atom. The lowest BCUT2D eigenvalue weighted by atomic mass is 10.4. The van der Waals surface area contributed by atoms with Gasteiger partial charge in [0.1, 0.15) is 0 Å². The maximum atomic E-state index is 11.1. The van der Waals surface area contributed by atoms with Crippen molar-refractivity contribution in [3.63, 3.8) is 0 Å². The smallest absolute Gasteiger partial charge is 0.250 e. The number of H-pyrrole nitrogens is 1. The molecule has 6 heteroatoms. The molecule has 0 atom stereocenters. The van der Waals surface area contributed by atoms with Crippen molar-refractivity contribution in [2.45, 2.75) is 12.8 Å². The van der Waals surface area contributed by atoms with Gasteiger partial charge in [-0.3, -0.25) is 10.1 Å². The third-order valence-corrected chi connectivity index (χ3v) is 1.69. The molecule has 6 nitrogen and oxygen atoms in total. The highest BCUT2D eigenvalue weighted by Crippen LogP contribution is 2.29. The van der Waals surface area contributed by atoms with Crippen molar-refractivity contribution in [1.82, 2.24) is 15.2 Å². The lowest BCUT2D eigenvalue weighted by molar-refractivity contribution is -0.117. The fourth-order valence-corrected chi connectivity index (χ4v) is 0.888. The summed E-state index contributed by atoms with van der Waals surface area (Å²) in [5, 5.41) is 8.66. The molecule has 0 aromatic carbocycles. The van der Waals surface area contributed by atoms with Crippen LogP contribution in [0.5, 0.6) is 0 Å². The van der Waals surface area contributed by atoms with E-state index in [-0.39, 0.29) is 23.7 Å². The minimum atomic E-state index is -0.0194. The summed E-state index contributed by atoms with van der Waals surface area (Å²) >= 11 is 0. The Kier molecular flexibility index (Phi) is 1.46. The van der Waals surface area contributed by atoms with Gasteiger partial charge >= 0.3 is 0 Å². The molecule has 1 heterocycles. The van der Waals surface area contributed by atoms with Crippen molar-refractivity contribution < 1.29 is 4.79 Å². The molecule has 1 aromatic rings. The first kappa shape index (κ1) is 7.08. The van der Waals surface area contributed by atoms with Crippen LogP contribution in [0.15, 0.2) is 0 Å². The van der Waals surface area contributed by atoms with E-state index in [2.05, 4.69) is 20.5 Å². The molecule has 0 spiro atoms. The molecule has 1 aliphatic rings. The van der Waals surface area contributed by atoms with Gasteiger partial charge in [0.25, 0.3) is 0 Å². The first-order chi connectivity index (χ1) is 5.75. The Bertz CT molecular complexity index is 303. The Hall–Kier alpha value is -1.59. The molecule has 0 saturated heterocycles. The van der Waals surface area contributed by atoms with Crippen LogP contribution in [0.3, 0.4) is 0 Å². The third-order valence-electron chi connectivity index (χ3n) is 1.69. The molecule has 1 aromatic heterocycles. The second kappa shape index (κ2) is 2.47. The summed E-state index contributed by atoms with van der Waals surface area (Å²) in [5.41, 5.74) is 5.27. The standard InChI is InChI=1S/C6H9N5O/c7-5-9-6(11-10-5)8-4(12)3-1-2-3/h3H,1-2H2,(H4,7,8,9,10,11,12). The number of nitrogens with two attached hydrogens (primary N) is 1. The molecular formula is C6H9N5O. The number of hydrogen-bond donors (Lipinski definition) is 3. The van der Waals surface area contributed by atoms with Gasteiger partial charge in [-0.2, -0.15) is 4.98 Å². The van der Waals surface area contributed by atoms with E-state index in [0.717, 1.165) is 12.8 Å². The zero-order valence-electron chi connectivity index (χ0n) is 6.37. The summed E-state index contributed by atoms with van der Waals surface area (Å²) in [5.74, 6) is 0.601. The number of nitrogens with one attached hydrogen (secondary N) is 2. The average Bonchev–Trinajstić information content (AvgIpc) is 2.78. The molecule has 64 valence electrons. The lowest BCUT2D eigenvalue weighted by Gasteiger charge is -1.95. The lowest BCUT2D eigenvalue weighted by Crippen LogP contribution is -2.14. The number of rotatable bonds is 2. The summed E-state index contributed by atoms with van der Waals surface area (Å²) < 4.78 is 0. The zero-order chi connectivity index (χ0) is 8.55. The van der Waals surface area contributed by atoms with Gasteiger partial charge in [-0.1, -0.05) is 0 Å². The van der Waals surface area contributed by atoms with Crippen LogP contribution in [0, 0.1) is 5.92 Å². The van der Waals surface area contributed by atoms with Crippen molar-refractivity contribution in [2.75, 3.05) is 11.1 Å². The number of anilines is 2. The molecule has 1 fully saturated rings. The van der Waals surface area contributed by atoms with Crippen molar-refractivity contribution in [3.05, 3.63) is 0 Å². The van der Waals surface area contributed by atoms with Gasteiger partial charge in [0.15, 0.2) is 0 Å². The number of hydrogen-bond acceptors (Lipinski definition) is 4. The number of nitrogens with zero attached hydrogens (tertiary/aromatic N) is 2. The van der Waals surface area contributed by atoms with Crippen LogP contribution in [0.2, 0.25) is 0 Å². The minimum Gasteiger partial charge on any atom is -0.368 e. The number of amides is 1. The molecule has 0 radical (unpaired) electrons. The summed E-state index contributed by atoms with van der Waals surface area (Å²) in [4.78, 5) is 14.9. The fraction of sp³-hybridized carbons (Fsp3) is 0.500. The summed E-state index contributed by atoms with van der Waals surface area (Å²) in [6, 6.07) is 0. The predicted molar refractivity (Wildman–Crippen MR) is 42.1 cm³/mol. The quantitative estimate of drug-likeness (QED) is 0.565. The molecule has 0 aliphatic heterocycles. The van der Waals surface area contributed by atoms with Gasteiger partial charge in [-0.15, -0.1) is 5.10 Å². The number of carbonyl (C=O) groups is 1. The largest absolute Gasteiger partial charge is 0.368 e. The van der Waals surface area contributed by atoms with Crippen molar-refractivity contribution in [2.24, 2.45) is 5.92 Å². The van der Waals surface area contributed by atoms with Crippen LogP contribution in [-0.4, -0.2) is 21.1 Å². The van der Waals surface area contributed by atoms with E-state index in [1.807, 2.05) is 0 Å². The number of carbonyl (C=O) groups excluding carboxylic acids is 1.